The molecule has 3 heteroatoms. The summed E-state index contributed by atoms with van der Waals surface area (Å²) in [5.74, 6) is -0.504. The van der Waals surface area contributed by atoms with Crippen molar-refractivity contribution >= 4 is 5.91 Å². The first kappa shape index (κ1) is 14.6. The molecule has 114 valence electrons. The van der Waals surface area contributed by atoms with Gasteiger partial charge in [-0.2, -0.15) is 0 Å². The lowest BCUT2D eigenvalue weighted by Gasteiger charge is -2.39. The highest BCUT2D eigenvalue weighted by Gasteiger charge is 2.51. The van der Waals surface area contributed by atoms with Crippen molar-refractivity contribution < 1.29 is 9.18 Å². The molecule has 2 bridgehead atoms. The number of aryl methyl sites for hydroxylation is 1. The van der Waals surface area contributed by atoms with Crippen LogP contribution in [-0.4, -0.2) is 23.4 Å². The third kappa shape index (κ3) is 2.47. The van der Waals surface area contributed by atoms with Crippen molar-refractivity contribution in [3.8, 4) is 0 Å². The Morgan fingerprint density at radius 1 is 1.29 bits per heavy atom. The largest absolute Gasteiger partial charge is 0.335 e. The van der Waals surface area contributed by atoms with Crippen molar-refractivity contribution in [2.45, 2.75) is 53.0 Å². The summed E-state index contributed by atoms with van der Waals surface area (Å²) in [4.78, 5) is 14.7. The molecule has 2 fully saturated rings. The zero-order valence-electron chi connectivity index (χ0n) is 13.4. The summed E-state index contributed by atoms with van der Waals surface area (Å²) in [5.41, 5.74) is 1.21. The zero-order chi connectivity index (χ0) is 15.4. The molecule has 1 saturated heterocycles. The third-order valence-corrected chi connectivity index (χ3v) is 5.10. The van der Waals surface area contributed by atoms with Crippen molar-refractivity contribution in [3.05, 3.63) is 35.1 Å². The second-order valence-electron chi connectivity index (χ2n) is 8.08. The smallest absolute Gasteiger partial charge is 0.257 e. The lowest BCUT2D eigenvalue weighted by molar-refractivity contribution is 0.0703. The first-order chi connectivity index (χ1) is 9.71. The molecule has 2 nitrogen and oxygen atoms in total. The Balaban J connectivity index is 1.92. The van der Waals surface area contributed by atoms with Crippen LogP contribution in [0, 0.1) is 23.6 Å². The number of hydrogen-bond donors (Lipinski definition) is 0. The van der Waals surface area contributed by atoms with Gasteiger partial charge in [0.05, 0.1) is 5.56 Å². The van der Waals surface area contributed by atoms with Crippen molar-refractivity contribution in [2.24, 2.45) is 10.8 Å². The van der Waals surface area contributed by atoms with Crippen LogP contribution < -0.4 is 0 Å². The van der Waals surface area contributed by atoms with Gasteiger partial charge in [0.25, 0.3) is 5.91 Å². The van der Waals surface area contributed by atoms with Gasteiger partial charge in [-0.15, -0.1) is 0 Å². The minimum Gasteiger partial charge on any atom is -0.335 e. The molecule has 21 heavy (non-hydrogen) atoms. The molecule has 0 aromatic heterocycles. The van der Waals surface area contributed by atoms with Gasteiger partial charge in [-0.1, -0.05) is 32.9 Å². The second kappa shape index (κ2) is 4.56. The quantitative estimate of drug-likeness (QED) is 0.759. The highest BCUT2D eigenvalue weighted by Crippen LogP contribution is 2.52. The van der Waals surface area contributed by atoms with Crippen molar-refractivity contribution in [2.75, 3.05) is 6.54 Å². The number of hydrogen-bond acceptors (Lipinski definition) is 1. The highest BCUT2D eigenvalue weighted by molar-refractivity contribution is 5.95. The van der Waals surface area contributed by atoms with Crippen molar-refractivity contribution in [1.82, 2.24) is 4.90 Å². The fourth-order valence-corrected chi connectivity index (χ4v) is 4.66. The van der Waals surface area contributed by atoms with E-state index in [-0.39, 0.29) is 34.2 Å². The molecule has 1 aromatic rings. The van der Waals surface area contributed by atoms with Crippen LogP contribution >= 0.6 is 0 Å². The van der Waals surface area contributed by atoms with E-state index in [1.807, 2.05) is 4.90 Å². The van der Waals surface area contributed by atoms with Crippen LogP contribution in [-0.2, 0) is 0 Å². The first-order valence-electron chi connectivity index (χ1n) is 7.77. The topological polar surface area (TPSA) is 20.3 Å². The molecule has 1 aliphatic carbocycles. The average molecular weight is 289 g/mol. The maximum atomic E-state index is 14.2. The molecule has 1 aliphatic heterocycles. The zero-order valence-corrected chi connectivity index (χ0v) is 13.4. The Morgan fingerprint density at radius 2 is 2.00 bits per heavy atom. The third-order valence-electron chi connectivity index (χ3n) is 5.10. The molecule has 0 N–H and O–H groups in total. The monoisotopic (exact) mass is 289 g/mol. The minimum atomic E-state index is -0.367. The van der Waals surface area contributed by atoms with E-state index in [0.29, 0.717) is 5.56 Å². The standard InChI is InChI=1S/C18H24FNO/c1-12-6-5-7-14(15(12)19)16(21)20-11-18(4)9-13(20)8-17(2,3)10-18/h5-7,13H,8-11H2,1-4H3. The molecule has 0 radical (unpaired) electrons. The average Bonchev–Trinajstić information content (AvgIpc) is 2.61. The summed E-state index contributed by atoms with van der Waals surface area (Å²) in [6, 6.07) is 5.34. The van der Waals surface area contributed by atoms with Crippen LogP contribution in [0.2, 0.25) is 0 Å². The van der Waals surface area contributed by atoms with Gasteiger partial charge in [0, 0.05) is 12.6 Å². The summed E-state index contributed by atoms with van der Waals surface area (Å²) in [6.07, 6.45) is 3.20. The number of nitrogens with zero attached hydrogens (tertiary/aromatic N) is 1. The van der Waals surface area contributed by atoms with Gasteiger partial charge >= 0.3 is 0 Å². The summed E-state index contributed by atoms with van der Waals surface area (Å²) >= 11 is 0. The predicted octanol–water partition coefficient (Wildman–Crippen LogP) is 4.17. The normalized spacial score (nSPS) is 30.5. The Bertz CT molecular complexity index is 595. The number of likely N-dealkylation sites (tertiary alicyclic amines) is 1. The Labute approximate surface area is 126 Å². The maximum Gasteiger partial charge on any atom is 0.257 e. The molecule has 1 saturated carbocycles. The van der Waals surface area contributed by atoms with Gasteiger partial charge in [-0.25, -0.2) is 4.39 Å². The molecule has 2 aliphatic rings. The SMILES string of the molecule is Cc1cccc(C(=O)N2CC3(C)CC2CC(C)(C)C3)c1F. The van der Waals surface area contributed by atoms with E-state index >= 15 is 0 Å². The molecular weight excluding hydrogens is 265 g/mol. The van der Waals surface area contributed by atoms with Gasteiger partial charge < -0.3 is 4.90 Å². The van der Waals surface area contributed by atoms with Crippen LogP contribution in [0.5, 0.6) is 0 Å². The number of halogens is 1. The molecule has 2 atom stereocenters. The maximum absolute atomic E-state index is 14.2. The second-order valence-corrected chi connectivity index (χ2v) is 8.08. The molecular formula is C18H24FNO. The van der Waals surface area contributed by atoms with E-state index in [0.717, 1.165) is 25.8 Å². The summed E-state index contributed by atoms with van der Waals surface area (Å²) in [5, 5.41) is 0. The number of fused-ring (bicyclic) bond motifs is 2. The van der Waals surface area contributed by atoms with E-state index in [2.05, 4.69) is 20.8 Å². The lowest BCUT2D eigenvalue weighted by Crippen LogP contribution is -2.38. The Kier molecular flexibility index (Phi) is 3.16. The Morgan fingerprint density at radius 3 is 2.71 bits per heavy atom. The number of benzene rings is 1. The van der Waals surface area contributed by atoms with E-state index in [9.17, 15) is 9.18 Å². The minimum absolute atomic E-state index is 0.136. The highest BCUT2D eigenvalue weighted by atomic mass is 19.1. The van der Waals surface area contributed by atoms with Gasteiger partial charge in [0.1, 0.15) is 5.82 Å². The Hall–Kier alpha value is -1.38. The number of amides is 1. The fourth-order valence-electron chi connectivity index (χ4n) is 4.66. The predicted molar refractivity (Wildman–Crippen MR) is 81.7 cm³/mol. The molecule has 0 spiro atoms. The number of carbonyl (C=O) groups excluding carboxylic acids is 1. The first-order valence-corrected chi connectivity index (χ1v) is 7.77. The van der Waals surface area contributed by atoms with E-state index in [4.69, 9.17) is 0 Å². The fraction of sp³-hybridized carbons (Fsp3) is 0.611. The van der Waals surface area contributed by atoms with Gasteiger partial charge in [0.2, 0.25) is 0 Å². The molecule has 1 amide bonds. The van der Waals surface area contributed by atoms with Crippen molar-refractivity contribution in [3.63, 3.8) is 0 Å². The van der Waals surface area contributed by atoms with Crippen LogP contribution in [0.25, 0.3) is 0 Å². The van der Waals surface area contributed by atoms with Gasteiger partial charge in [0.15, 0.2) is 0 Å². The number of carbonyl (C=O) groups is 1. The van der Waals surface area contributed by atoms with Gasteiger partial charge in [-0.05, 0) is 48.6 Å². The van der Waals surface area contributed by atoms with Crippen LogP contribution in [0.4, 0.5) is 4.39 Å². The van der Waals surface area contributed by atoms with E-state index in [1.54, 1.807) is 25.1 Å². The lowest BCUT2D eigenvalue weighted by atomic mass is 9.65. The molecule has 3 rings (SSSR count). The molecule has 1 heterocycles. The summed E-state index contributed by atoms with van der Waals surface area (Å²) in [6.45, 7) is 9.28. The van der Waals surface area contributed by atoms with Crippen LogP contribution in [0.15, 0.2) is 18.2 Å². The van der Waals surface area contributed by atoms with E-state index < -0.39 is 0 Å². The number of rotatable bonds is 1. The molecule has 1 aromatic carbocycles. The summed E-state index contributed by atoms with van der Waals surface area (Å²) in [7, 11) is 0. The van der Waals surface area contributed by atoms with Crippen LogP contribution in [0.1, 0.15) is 56.0 Å². The van der Waals surface area contributed by atoms with Crippen LogP contribution in [0.3, 0.4) is 0 Å². The molecule has 2 unspecified atom stereocenters. The van der Waals surface area contributed by atoms with Crippen molar-refractivity contribution in [1.29, 1.82) is 0 Å². The van der Waals surface area contributed by atoms with Gasteiger partial charge in [-0.3, -0.25) is 4.79 Å². The van der Waals surface area contributed by atoms with E-state index in [1.165, 1.54) is 0 Å². The summed E-state index contributed by atoms with van der Waals surface area (Å²) < 4.78 is 14.2.